The lowest BCUT2D eigenvalue weighted by atomic mass is 9.95. The van der Waals surface area contributed by atoms with Crippen LogP contribution < -0.4 is 0 Å². The number of benzene rings is 2. The Morgan fingerprint density at radius 1 is 0.886 bits per heavy atom. The number of aromatic nitrogens is 2. The van der Waals surface area contributed by atoms with E-state index >= 15 is 0 Å². The molecule has 4 bridgehead atoms. The first kappa shape index (κ1) is 22.2. The average Bonchev–Trinajstić information content (AvgIpc) is 3.49. The number of likely N-dealkylation sites (N-methyl/N-ethyl adjacent to an activating group) is 1. The third kappa shape index (κ3) is 3.54. The van der Waals surface area contributed by atoms with Gasteiger partial charge in [-0.05, 0) is 18.6 Å². The monoisotopic (exact) mass is 487 g/mol. The molecule has 2 aromatic heterocycles. The normalized spacial score (nSPS) is 19.0. The van der Waals surface area contributed by atoms with E-state index in [1.165, 1.54) is 4.90 Å². The Hall–Kier alpha value is -3.25. The molecule has 0 spiro atoms. The summed E-state index contributed by atoms with van der Waals surface area (Å²) in [5.74, 6) is -0.541. The number of hydrogen-bond donors (Lipinski definition) is 0. The van der Waals surface area contributed by atoms with E-state index in [2.05, 4.69) is 24.7 Å². The summed E-state index contributed by atoms with van der Waals surface area (Å²) in [6, 6.07) is 16.0. The van der Waals surface area contributed by atoms with E-state index in [4.69, 9.17) is 9.26 Å². The predicted octanol–water partition coefficient (Wildman–Crippen LogP) is 4.10. The van der Waals surface area contributed by atoms with Crippen LogP contribution in [0.1, 0.15) is 17.5 Å². The average molecular weight is 487 g/mol. The van der Waals surface area contributed by atoms with Crippen molar-refractivity contribution in [1.82, 2.24) is 14.0 Å². The van der Waals surface area contributed by atoms with E-state index < -0.39 is 0 Å². The first-order valence-corrected chi connectivity index (χ1v) is 12.2. The van der Waals surface area contributed by atoms with Crippen molar-refractivity contribution in [3.63, 3.8) is 0 Å². The highest BCUT2D eigenvalue weighted by atomic mass is 31.0. The maximum Gasteiger partial charge on any atom is 0.261 e. The van der Waals surface area contributed by atoms with Gasteiger partial charge in [-0.2, -0.15) is 0 Å². The van der Waals surface area contributed by atoms with E-state index in [9.17, 15) is 9.59 Å². The van der Waals surface area contributed by atoms with Crippen LogP contribution in [0.5, 0.6) is 0 Å². The Bertz CT molecular complexity index is 1520. The van der Waals surface area contributed by atoms with Crippen molar-refractivity contribution in [2.75, 3.05) is 20.3 Å². The van der Waals surface area contributed by atoms with Crippen LogP contribution >= 0.6 is 9.47 Å². The Morgan fingerprint density at radius 3 is 2.00 bits per heavy atom. The maximum atomic E-state index is 13.5. The molecular formula is C27H26N3O4P. The smallest absolute Gasteiger partial charge is 0.261 e. The zero-order valence-electron chi connectivity index (χ0n) is 19.4. The number of fused-ring (bicyclic) bond motifs is 12. The van der Waals surface area contributed by atoms with Crippen LogP contribution in [0.4, 0.5) is 0 Å². The van der Waals surface area contributed by atoms with Gasteiger partial charge in [0.1, 0.15) is 0 Å². The third-order valence-corrected chi connectivity index (χ3v) is 7.26. The number of aryl methyl sites for hydroxylation is 1. The lowest BCUT2D eigenvalue weighted by Gasteiger charge is -2.18. The molecule has 0 fully saturated rings. The highest BCUT2D eigenvalue weighted by Crippen LogP contribution is 2.41. The van der Waals surface area contributed by atoms with Crippen LogP contribution in [0.2, 0.25) is 0 Å². The lowest BCUT2D eigenvalue weighted by Crippen LogP contribution is -2.26. The number of para-hydroxylation sites is 2. The zero-order chi connectivity index (χ0) is 24.1. The fourth-order valence-electron chi connectivity index (χ4n) is 5.33. The molecule has 2 aliphatic heterocycles. The van der Waals surface area contributed by atoms with Crippen molar-refractivity contribution in [2.45, 2.75) is 25.6 Å². The van der Waals surface area contributed by atoms with Gasteiger partial charge >= 0.3 is 0 Å². The first-order valence-electron chi connectivity index (χ1n) is 11.7. The van der Waals surface area contributed by atoms with Crippen LogP contribution in [0.15, 0.2) is 60.9 Å². The zero-order valence-corrected chi connectivity index (χ0v) is 20.6. The Morgan fingerprint density at radius 2 is 1.43 bits per heavy atom. The molecular weight excluding hydrogens is 461 g/mol. The van der Waals surface area contributed by atoms with E-state index in [0.717, 1.165) is 39.4 Å². The second kappa shape index (κ2) is 8.76. The third-order valence-electron chi connectivity index (χ3n) is 7.06. The second-order valence-corrected chi connectivity index (χ2v) is 9.37. The van der Waals surface area contributed by atoms with Gasteiger partial charge in [0, 0.05) is 74.9 Å². The molecule has 2 unspecified atom stereocenters. The summed E-state index contributed by atoms with van der Waals surface area (Å²) in [5, 5.41) is 1.90. The molecule has 0 saturated carbocycles. The summed E-state index contributed by atoms with van der Waals surface area (Å²) in [6.45, 7) is 2.31. The molecule has 0 saturated heterocycles. The van der Waals surface area contributed by atoms with Crippen LogP contribution in [-0.2, 0) is 31.9 Å². The lowest BCUT2D eigenvalue weighted by molar-refractivity contribution is -0.134. The number of carbonyl (C=O) groups excluding carboxylic acids is 2. The molecule has 6 rings (SSSR count). The van der Waals surface area contributed by atoms with E-state index in [0.29, 0.717) is 37.4 Å². The molecule has 2 aliphatic rings. The molecule has 8 heteroatoms. The maximum absolute atomic E-state index is 13.5. The van der Waals surface area contributed by atoms with Gasteiger partial charge in [-0.25, -0.2) is 0 Å². The standard InChI is InChI=1S/C27H26N3O4P/c1-28-26(31)24-20-14-29(22-8-4-2-6-18(20)22)11-10-17(16-34-35)33-13-12-30-15-21(25(24)27(28)32)19-7-3-5-9-23(19)30/h2-9,14-15,17H,10-13,16,35H2,1H3. The fraction of sp³-hybridized carbons (Fsp3) is 0.259. The second-order valence-electron chi connectivity index (χ2n) is 9.04. The van der Waals surface area contributed by atoms with Crippen molar-refractivity contribution >= 4 is 54.2 Å². The summed E-state index contributed by atoms with van der Waals surface area (Å²) >= 11 is 0. The molecule has 4 aromatic rings. The highest BCUT2D eigenvalue weighted by molar-refractivity contribution is 7.09. The number of rotatable bonds is 2. The molecule has 0 radical (unpaired) electrons. The quantitative estimate of drug-likeness (QED) is 0.316. The number of hydrogen-bond acceptors (Lipinski definition) is 4. The van der Waals surface area contributed by atoms with Crippen LogP contribution in [-0.4, -0.2) is 52.2 Å². The van der Waals surface area contributed by atoms with Gasteiger partial charge in [0.15, 0.2) is 0 Å². The number of carbonyl (C=O) groups is 2. The van der Waals surface area contributed by atoms with Crippen molar-refractivity contribution in [3.05, 3.63) is 72.1 Å². The van der Waals surface area contributed by atoms with E-state index in [1.54, 1.807) is 7.05 Å². The van der Waals surface area contributed by atoms with Gasteiger partial charge in [-0.1, -0.05) is 36.4 Å². The predicted molar refractivity (Wildman–Crippen MR) is 138 cm³/mol. The van der Waals surface area contributed by atoms with Crippen LogP contribution in [0.3, 0.4) is 0 Å². The van der Waals surface area contributed by atoms with Crippen molar-refractivity contribution < 1.29 is 18.8 Å². The van der Waals surface area contributed by atoms with Gasteiger partial charge in [0.05, 0.1) is 30.5 Å². The van der Waals surface area contributed by atoms with Crippen molar-refractivity contribution in [2.24, 2.45) is 0 Å². The van der Waals surface area contributed by atoms with Gasteiger partial charge in [0.2, 0.25) is 0 Å². The summed E-state index contributed by atoms with van der Waals surface area (Å²) in [6.07, 6.45) is 4.67. The van der Waals surface area contributed by atoms with Crippen molar-refractivity contribution in [1.29, 1.82) is 0 Å². The Kier molecular flexibility index (Phi) is 5.56. The minimum atomic E-state index is -0.272. The first-order chi connectivity index (χ1) is 17.1. The molecule has 178 valence electrons. The number of amides is 2. The number of ether oxygens (including phenoxy) is 1. The SMILES string of the molecule is CN1C(=O)C2=C(C1=O)c1cn(c3ccccc13)CCC(COP)OCCn1cc2c2ccccc21. The molecule has 0 N–H and O–H groups in total. The van der Waals surface area contributed by atoms with Gasteiger partial charge in [-0.3, -0.25) is 14.5 Å². The fourth-order valence-corrected chi connectivity index (χ4v) is 5.54. The van der Waals surface area contributed by atoms with Crippen LogP contribution in [0.25, 0.3) is 33.0 Å². The number of imide groups is 1. The largest absolute Gasteiger partial charge is 0.374 e. The number of nitrogens with zero attached hydrogens (tertiary/aromatic N) is 3. The van der Waals surface area contributed by atoms with E-state index in [1.807, 2.05) is 54.9 Å². The molecule has 0 aliphatic carbocycles. The molecule has 2 aromatic carbocycles. The highest BCUT2D eigenvalue weighted by Gasteiger charge is 2.39. The summed E-state index contributed by atoms with van der Waals surface area (Å²) < 4.78 is 15.8. The van der Waals surface area contributed by atoms with Gasteiger partial charge in [-0.15, -0.1) is 0 Å². The molecule has 2 atom stereocenters. The summed E-state index contributed by atoms with van der Waals surface area (Å²) in [5.41, 5.74) is 4.51. The van der Waals surface area contributed by atoms with Gasteiger partial charge in [0.25, 0.3) is 11.8 Å². The van der Waals surface area contributed by atoms with E-state index in [-0.39, 0.29) is 17.9 Å². The minimum absolute atomic E-state index is 0.0723. The Labute approximate surface area is 205 Å². The van der Waals surface area contributed by atoms with Gasteiger partial charge < -0.3 is 18.4 Å². The summed E-state index contributed by atoms with van der Waals surface area (Å²) in [7, 11) is 3.87. The molecule has 7 nitrogen and oxygen atoms in total. The molecule has 35 heavy (non-hydrogen) atoms. The Balaban J connectivity index is 1.66. The summed E-state index contributed by atoms with van der Waals surface area (Å²) in [4.78, 5) is 28.2. The van der Waals surface area contributed by atoms with Crippen molar-refractivity contribution in [3.8, 4) is 0 Å². The topological polar surface area (TPSA) is 65.7 Å². The molecule has 4 heterocycles. The molecule has 2 amide bonds. The van der Waals surface area contributed by atoms with Crippen LogP contribution in [0, 0.1) is 0 Å². The minimum Gasteiger partial charge on any atom is -0.374 e.